The average molecular weight is 311 g/mol. The van der Waals surface area contributed by atoms with Crippen LogP contribution in [0, 0.1) is 17.1 Å². The molecule has 23 heavy (non-hydrogen) atoms. The van der Waals surface area contributed by atoms with Crippen molar-refractivity contribution < 1.29 is 9.18 Å². The third kappa shape index (κ3) is 4.82. The Morgan fingerprint density at radius 1 is 1.26 bits per heavy atom. The summed E-state index contributed by atoms with van der Waals surface area (Å²) in [5.41, 5.74) is 2.53. The fraction of sp³-hybridized carbons (Fsp3) is 0.222. The van der Waals surface area contributed by atoms with Crippen molar-refractivity contribution in [2.75, 3.05) is 10.6 Å². The zero-order valence-electron chi connectivity index (χ0n) is 12.9. The molecule has 0 fully saturated rings. The van der Waals surface area contributed by atoms with Crippen molar-refractivity contribution in [1.29, 1.82) is 5.26 Å². The first-order valence-corrected chi connectivity index (χ1v) is 7.44. The van der Waals surface area contributed by atoms with Crippen LogP contribution < -0.4 is 10.6 Å². The summed E-state index contributed by atoms with van der Waals surface area (Å²) in [6.07, 6.45) is 1.29. The second-order valence-corrected chi connectivity index (χ2v) is 5.15. The van der Waals surface area contributed by atoms with Gasteiger partial charge >= 0.3 is 0 Å². The first-order chi connectivity index (χ1) is 11.1. The van der Waals surface area contributed by atoms with Crippen LogP contribution in [0.4, 0.5) is 15.8 Å². The lowest BCUT2D eigenvalue weighted by Gasteiger charge is -2.10. The van der Waals surface area contributed by atoms with Crippen LogP contribution in [0.2, 0.25) is 0 Å². The summed E-state index contributed by atoms with van der Waals surface area (Å²) >= 11 is 0. The number of halogens is 1. The minimum absolute atomic E-state index is 0.0112. The zero-order valence-corrected chi connectivity index (χ0v) is 12.9. The van der Waals surface area contributed by atoms with Crippen LogP contribution in [0.25, 0.3) is 0 Å². The van der Waals surface area contributed by atoms with Crippen LogP contribution in [0.5, 0.6) is 0 Å². The summed E-state index contributed by atoms with van der Waals surface area (Å²) < 4.78 is 13.1. The molecule has 0 saturated carbocycles. The number of anilines is 2. The third-order valence-corrected chi connectivity index (χ3v) is 3.27. The molecule has 0 spiro atoms. The molecule has 0 aliphatic carbocycles. The average Bonchev–Trinajstić information content (AvgIpc) is 2.54. The molecule has 1 amide bonds. The molecule has 0 aliphatic rings. The summed E-state index contributed by atoms with van der Waals surface area (Å²) in [5.74, 6) is -0.448. The number of benzene rings is 2. The second kappa shape index (κ2) is 7.95. The van der Waals surface area contributed by atoms with Gasteiger partial charge in [0.15, 0.2) is 0 Å². The summed E-state index contributed by atoms with van der Waals surface area (Å²) in [5, 5.41) is 15.0. The van der Waals surface area contributed by atoms with Gasteiger partial charge in [-0.2, -0.15) is 5.26 Å². The number of hydrogen-bond acceptors (Lipinski definition) is 3. The predicted octanol–water partition coefficient (Wildman–Crippen LogP) is 4.05. The number of carbonyl (C=O) groups excluding carboxylic acids is 1. The van der Waals surface area contributed by atoms with Gasteiger partial charge in [-0.25, -0.2) is 4.39 Å². The number of nitriles is 1. The summed E-state index contributed by atoms with van der Waals surface area (Å²) in [6, 6.07) is 13.5. The van der Waals surface area contributed by atoms with E-state index in [-0.39, 0.29) is 11.5 Å². The van der Waals surface area contributed by atoms with Crippen LogP contribution in [0.3, 0.4) is 0 Å². The minimum Gasteiger partial charge on any atom is -0.380 e. The maximum absolute atomic E-state index is 13.1. The molecule has 0 atom stereocenters. The Kier molecular flexibility index (Phi) is 5.70. The molecular formula is C18H18FN3O. The minimum atomic E-state index is -0.437. The van der Waals surface area contributed by atoms with Crippen molar-refractivity contribution in [2.24, 2.45) is 0 Å². The van der Waals surface area contributed by atoms with Crippen LogP contribution in [-0.4, -0.2) is 5.91 Å². The SMILES string of the molecule is CCCC(=O)Nc1cccc(CNc2ccc(F)cc2C#N)c1. The lowest BCUT2D eigenvalue weighted by atomic mass is 10.1. The molecule has 0 bridgehead atoms. The highest BCUT2D eigenvalue weighted by atomic mass is 19.1. The van der Waals surface area contributed by atoms with Crippen LogP contribution in [0.15, 0.2) is 42.5 Å². The summed E-state index contributed by atoms with van der Waals surface area (Å²) in [6.45, 7) is 2.42. The van der Waals surface area contributed by atoms with Gasteiger partial charge in [0.05, 0.1) is 11.3 Å². The Labute approximate surface area is 134 Å². The molecular weight excluding hydrogens is 293 g/mol. The first-order valence-electron chi connectivity index (χ1n) is 7.44. The molecule has 2 aromatic carbocycles. The van der Waals surface area contributed by atoms with E-state index in [9.17, 15) is 9.18 Å². The van der Waals surface area contributed by atoms with E-state index < -0.39 is 5.82 Å². The maximum atomic E-state index is 13.1. The van der Waals surface area contributed by atoms with E-state index in [4.69, 9.17) is 5.26 Å². The van der Waals surface area contributed by atoms with E-state index in [2.05, 4.69) is 10.6 Å². The zero-order chi connectivity index (χ0) is 16.7. The number of hydrogen-bond donors (Lipinski definition) is 2. The fourth-order valence-corrected chi connectivity index (χ4v) is 2.17. The Morgan fingerprint density at radius 3 is 2.83 bits per heavy atom. The van der Waals surface area contributed by atoms with Crippen molar-refractivity contribution >= 4 is 17.3 Å². The summed E-state index contributed by atoms with van der Waals surface area (Å²) in [7, 11) is 0. The van der Waals surface area contributed by atoms with Gasteiger partial charge in [0.25, 0.3) is 0 Å². The quantitative estimate of drug-likeness (QED) is 0.846. The van der Waals surface area contributed by atoms with E-state index >= 15 is 0 Å². The molecule has 2 rings (SSSR count). The molecule has 4 nitrogen and oxygen atoms in total. The smallest absolute Gasteiger partial charge is 0.224 e. The standard InChI is InChI=1S/C18H18FN3O/c1-2-4-18(23)22-16-6-3-5-13(9-16)12-21-17-8-7-15(19)10-14(17)11-20/h3,5-10,21H,2,4,12H2,1H3,(H,22,23). The molecule has 0 heterocycles. The van der Waals surface area contributed by atoms with Gasteiger partial charge in [0, 0.05) is 18.7 Å². The molecule has 0 saturated heterocycles. The largest absolute Gasteiger partial charge is 0.380 e. The van der Waals surface area contributed by atoms with Crippen LogP contribution in [-0.2, 0) is 11.3 Å². The van der Waals surface area contributed by atoms with Crippen molar-refractivity contribution in [3.8, 4) is 6.07 Å². The Hall–Kier alpha value is -2.87. The van der Waals surface area contributed by atoms with Crippen LogP contribution in [0.1, 0.15) is 30.9 Å². The van der Waals surface area contributed by atoms with Crippen LogP contribution >= 0.6 is 0 Å². The van der Waals surface area contributed by atoms with Gasteiger partial charge in [0.1, 0.15) is 11.9 Å². The highest BCUT2D eigenvalue weighted by Crippen LogP contribution is 2.18. The van der Waals surface area contributed by atoms with Gasteiger partial charge in [-0.15, -0.1) is 0 Å². The first kappa shape index (κ1) is 16.5. The predicted molar refractivity (Wildman–Crippen MR) is 88.4 cm³/mol. The lowest BCUT2D eigenvalue weighted by Crippen LogP contribution is -2.11. The number of nitrogens with zero attached hydrogens (tertiary/aromatic N) is 1. The van der Waals surface area contributed by atoms with Gasteiger partial charge in [-0.3, -0.25) is 4.79 Å². The van der Waals surface area contributed by atoms with Gasteiger partial charge in [0.2, 0.25) is 5.91 Å². The van der Waals surface area contributed by atoms with E-state index in [0.29, 0.717) is 18.7 Å². The normalized spacial score (nSPS) is 9.96. The highest BCUT2D eigenvalue weighted by molar-refractivity contribution is 5.90. The highest BCUT2D eigenvalue weighted by Gasteiger charge is 2.05. The Balaban J connectivity index is 2.04. The number of rotatable bonds is 6. The van der Waals surface area contributed by atoms with Crippen molar-refractivity contribution in [3.63, 3.8) is 0 Å². The molecule has 0 aliphatic heterocycles. The van der Waals surface area contributed by atoms with Crippen molar-refractivity contribution in [1.82, 2.24) is 0 Å². The topological polar surface area (TPSA) is 64.9 Å². The van der Waals surface area contributed by atoms with Gasteiger partial charge < -0.3 is 10.6 Å². The molecule has 0 radical (unpaired) electrons. The molecule has 2 N–H and O–H groups in total. The molecule has 0 aromatic heterocycles. The lowest BCUT2D eigenvalue weighted by molar-refractivity contribution is -0.116. The Bertz CT molecular complexity index is 737. The molecule has 5 heteroatoms. The van der Waals surface area contributed by atoms with E-state index in [1.807, 2.05) is 37.3 Å². The van der Waals surface area contributed by atoms with E-state index in [0.717, 1.165) is 17.7 Å². The molecule has 118 valence electrons. The molecule has 2 aromatic rings. The summed E-state index contributed by atoms with van der Waals surface area (Å²) in [4.78, 5) is 11.6. The van der Waals surface area contributed by atoms with E-state index in [1.54, 1.807) is 6.07 Å². The maximum Gasteiger partial charge on any atom is 0.224 e. The van der Waals surface area contributed by atoms with Gasteiger partial charge in [-0.1, -0.05) is 19.1 Å². The second-order valence-electron chi connectivity index (χ2n) is 5.15. The fourth-order valence-electron chi connectivity index (χ4n) is 2.17. The van der Waals surface area contributed by atoms with Gasteiger partial charge in [-0.05, 0) is 42.3 Å². The third-order valence-electron chi connectivity index (χ3n) is 3.27. The number of nitrogens with one attached hydrogen (secondary N) is 2. The van der Waals surface area contributed by atoms with Crippen molar-refractivity contribution in [3.05, 3.63) is 59.4 Å². The Morgan fingerprint density at radius 2 is 2.09 bits per heavy atom. The monoisotopic (exact) mass is 311 g/mol. The number of amides is 1. The van der Waals surface area contributed by atoms with Crippen molar-refractivity contribution in [2.45, 2.75) is 26.3 Å². The van der Waals surface area contributed by atoms with E-state index in [1.165, 1.54) is 12.1 Å². The molecule has 0 unspecified atom stereocenters. The number of carbonyl (C=O) groups is 1.